The van der Waals surface area contributed by atoms with Crippen LogP contribution in [-0.4, -0.2) is 40.1 Å². The second-order valence-corrected chi connectivity index (χ2v) is 4.77. The fraction of sp³-hybridized carbons (Fsp3) is 0.357. The van der Waals surface area contributed by atoms with E-state index < -0.39 is 0 Å². The zero-order chi connectivity index (χ0) is 12.5. The molecule has 4 heteroatoms. The lowest BCUT2D eigenvalue weighted by molar-refractivity contribution is 0.0548. The molecule has 1 aromatic carbocycles. The molecule has 2 aromatic rings. The number of piperidine rings is 1. The molecular weight excluding hydrogens is 228 g/mol. The molecule has 0 spiro atoms. The van der Waals surface area contributed by atoms with Crippen LogP contribution in [0.1, 0.15) is 23.2 Å². The van der Waals surface area contributed by atoms with Gasteiger partial charge in [-0.3, -0.25) is 4.79 Å². The third-order valence-electron chi connectivity index (χ3n) is 3.57. The van der Waals surface area contributed by atoms with Gasteiger partial charge in [0.15, 0.2) is 0 Å². The minimum absolute atomic E-state index is 0.0550. The van der Waals surface area contributed by atoms with Crippen LogP contribution in [0.2, 0.25) is 0 Å². The maximum absolute atomic E-state index is 12.4. The Balaban J connectivity index is 1.88. The molecule has 0 bridgehead atoms. The number of hydrogen-bond donors (Lipinski definition) is 2. The quantitative estimate of drug-likeness (QED) is 0.803. The standard InChI is InChI=1S/C14H16N2O2/c17-10-5-7-16(8-6-10)14(18)12-9-15-13-4-2-1-3-11(12)13/h1-4,9-10,15,17H,5-8H2. The second kappa shape index (κ2) is 4.46. The smallest absolute Gasteiger partial charge is 0.256 e. The number of carbonyl (C=O) groups is 1. The molecule has 1 fully saturated rings. The highest BCUT2D eigenvalue weighted by atomic mass is 16.3. The van der Waals surface area contributed by atoms with Crippen LogP contribution in [0.4, 0.5) is 0 Å². The van der Waals surface area contributed by atoms with Gasteiger partial charge in [0.1, 0.15) is 0 Å². The number of likely N-dealkylation sites (tertiary alicyclic amines) is 1. The fourth-order valence-corrected chi connectivity index (χ4v) is 2.49. The molecule has 3 rings (SSSR count). The van der Waals surface area contributed by atoms with Crippen molar-refractivity contribution in [2.75, 3.05) is 13.1 Å². The number of aromatic amines is 1. The number of benzene rings is 1. The molecule has 94 valence electrons. The molecule has 18 heavy (non-hydrogen) atoms. The number of hydrogen-bond acceptors (Lipinski definition) is 2. The van der Waals surface area contributed by atoms with Gasteiger partial charge >= 0.3 is 0 Å². The lowest BCUT2D eigenvalue weighted by Crippen LogP contribution is -2.39. The van der Waals surface area contributed by atoms with E-state index in [1.165, 1.54) is 0 Å². The maximum atomic E-state index is 12.4. The summed E-state index contributed by atoms with van der Waals surface area (Å²) in [6.45, 7) is 1.28. The number of para-hydroxylation sites is 1. The van der Waals surface area contributed by atoms with Crippen molar-refractivity contribution in [3.8, 4) is 0 Å². The predicted molar refractivity (Wildman–Crippen MR) is 69.4 cm³/mol. The molecule has 0 atom stereocenters. The summed E-state index contributed by atoms with van der Waals surface area (Å²) in [5, 5.41) is 10.4. The highest BCUT2D eigenvalue weighted by molar-refractivity contribution is 6.06. The van der Waals surface area contributed by atoms with Gasteiger partial charge in [0.05, 0.1) is 11.7 Å². The number of rotatable bonds is 1. The van der Waals surface area contributed by atoms with Crippen LogP contribution in [0.3, 0.4) is 0 Å². The van der Waals surface area contributed by atoms with E-state index in [9.17, 15) is 9.90 Å². The number of carbonyl (C=O) groups excluding carboxylic acids is 1. The summed E-state index contributed by atoms with van der Waals surface area (Å²) in [6, 6.07) is 7.81. The Labute approximate surface area is 105 Å². The van der Waals surface area contributed by atoms with Crippen molar-refractivity contribution in [3.05, 3.63) is 36.0 Å². The molecule has 1 saturated heterocycles. The first-order chi connectivity index (χ1) is 8.75. The topological polar surface area (TPSA) is 56.3 Å². The van der Waals surface area contributed by atoms with Crippen molar-refractivity contribution in [2.45, 2.75) is 18.9 Å². The number of aliphatic hydroxyl groups is 1. The molecule has 2 N–H and O–H groups in total. The number of nitrogens with one attached hydrogen (secondary N) is 1. The largest absolute Gasteiger partial charge is 0.393 e. The van der Waals surface area contributed by atoms with Gasteiger partial charge in [0.2, 0.25) is 0 Å². The normalized spacial score (nSPS) is 17.3. The molecule has 1 aliphatic rings. The van der Waals surface area contributed by atoms with Crippen molar-refractivity contribution in [3.63, 3.8) is 0 Å². The summed E-state index contributed by atoms with van der Waals surface area (Å²) in [7, 11) is 0. The molecule has 1 aliphatic heterocycles. The third kappa shape index (κ3) is 1.88. The Kier molecular flexibility index (Phi) is 2.80. The lowest BCUT2D eigenvalue weighted by atomic mass is 10.1. The van der Waals surface area contributed by atoms with Crippen LogP contribution in [-0.2, 0) is 0 Å². The SMILES string of the molecule is O=C(c1c[nH]c2ccccc12)N1CCC(O)CC1. The van der Waals surface area contributed by atoms with E-state index in [1.807, 2.05) is 29.2 Å². The van der Waals surface area contributed by atoms with E-state index >= 15 is 0 Å². The zero-order valence-corrected chi connectivity index (χ0v) is 10.1. The van der Waals surface area contributed by atoms with Gasteiger partial charge in [0.25, 0.3) is 5.91 Å². The van der Waals surface area contributed by atoms with Crippen LogP contribution >= 0.6 is 0 Å². The van der Waals surface area contributed by atoms with E-state index in [-0.39, 0.29) is 12.0 Å². The highest BCUT2D eigenvalue weighted by Crippen LogP contribution is 2.21. The molecule has 2 heterocycles. The summed E-state index contributed by atoms with van der Waals surface area (Å²) in [4.78, 5) is 17.3. The van der Waals surface area contributed by atoms with Crippen molar-refractivity contribution in [1.29, 1.82) is 0 Å². The Bertz CT molecular complexity index is 568. The number of aromatic nitrogens is 1. The molecule has 0 radical (unpaired) electrons. The first-order valence-corrected chi connectivity index (χ1v) is 6.29. The van der Waals surface area contributed by atoms with Crippen molar-refractivity contribution >= 4 is 16.8 Å². The zero-order valence-electron chi connectivity index (χ0n) is 10.1. The van der Waals surface area contributed by atoms with Crippen LogP contribution in [0, 0.1) is 0 Å². The van der Waals surface area contributed by atoms with Gasteiger partial charge in [-0.25, -0.2) is 0 Å². The van der Waals surface area contributed by atoms with Gasteiger partial charge in [0, 0.05) is 30.2 Å². The number of fused-ring (bicyclic) bond motifs is 1. The molecule has 1 amide bonds. The number of nitrogens with zero attached hydrogens (tertiary/aromatic N) is 1. The van der Waals surface area contributed by atoms with Crippen molar-refractivity contribution in [1.82, 2.24) is 9.88 Å². The summed E-state index contributed by atoms with van der Waals surface area (Å²) < 4.78 is 0. The Morgan fingerprint density at radius 2 is 2.00 bits per heavy atom. The summed E-state index contributed by atoms with van der Waals surface area (Å²) in [5.41, 5.74) is 1.71. The maximum Gasteiger partial charge on any atom is 0.256 e. The van der Waals surface area contributed by atoms with Gasteiger partial charge < -0.3 is 15.0 Å². The number of amides is 1. The molecule has 1 aromatic heterocycles. The molecule has 0 aliphatic carbocycles. The third-order valence-corrected chi connectivity index (χ3v) is 3.57. The Hall–Kier alpha value is -1.81. The molecule has 0 saturated carbocycles. The number of aliphatic hydroxyl groups excluding tert-OH is 1. The molecule has 4 nitrogen and oxygen atoms in total. The first kappa shape index (κ1) is 11.3. The minimum atomic E-state index is -0.253. The fourth-order valence-electron chi connectivity index (χ4n) is 2.49. The summed E-state index contributed by atoms with van der Waals surface area (Å²) in [5.74, 6) is 0.0550. The van der Waals surface area contributed by atoms with Crippen LogP contribution in [0.5, 0.6) is 0 Å². The second-order valence-electron chi connectivity index (χ2n) is 4.77. The molecular formula is C14H16N2O2. The average Bonchev–Trinajstić information content (AvgIpc) is 2.82. The van der Waals surface area contributed by atoms with Crippen LogP contribution in [0.25, 0.3) is 10.9 Å². The van der Waals surface area contributed by atoms with Crippen LogP contribution in [0.15, 0.2) is 30.5 Å². The van der Waals surface area contributed by atoms with Gasteiger partial charge in [-0.1, -0.05) is 18.2 Å². The number of H-pyrrole nitrogens is 1. The minimum Gasteiger partial charge on any atom is -0.393 e. The molecule has 0 unspecified atom stereocenters. The van der Waals surface area contributed by atoms with Crippen LogP contribution < -0.4 is 0 Å². The Morgan fingerprint density at radius 3 is 2.78 bits per heavy atom. The average molecular weight is 244 g/mol. The summed E-state index contributed by atoms with van der Waals surface area (Å²) in [6.07, 6.45) is 2.87. The predicted octanol–water partition coefficient (Wildman–Crippen LogP) is 1.76. The van der Waals surface area contributed by atoms with Gasteiger partial charge in [-0.2, -0.15) is 0 Å². The van der Waals surface area contributed by atoms with E-state index in [4.69, 9.17) is 0 Å². The van der Waals surface area contributed by atoms with Crippen molar-refractivity contribution in [2.24, 2.45) is 0 Å². The van der Waals surface area contributed by atoms with Crippen molar-refractivity contribution < 1.29 is 9.90 Å². The lowest BCUT2D eigenvalue weighted by Gasteiger charge is -2.29. The van der Waals surface area contributed by atoms with E-state index in [0.717, 1.165) is 16.5 Å². The van der Waals surface area contributed by atoms with E-state index in [0.29, 0.717) is 25.9 Å². The van der Waals surface area contributed by atoms with Gasteiger partial charge in [-0.05, 0) is 18.9 Å². The Morgan fingerprint density at radius 1 is 1.28 bits per heavy atom. The first-order valence-electron chi connectivity index (χ1n) is 6.29. The van der Waals surface area contributed by atoms with Gasteiger partial charge in [-0.15, -0.1) is 0 Å². The van der Waals surface area contributed by atoms with E-state index in [2.05, 4.69) is 4.98 Å². The monoisotopic (exact) mass is 244 g/mol. The highest BCUT2D eigenvalue weighted by Gasteiger charge is 2.23. The van der Waals surface area contributed by atoms with E-state index in [1.54, 1.807) is 6.20 Å². The summed E-state index contributed by atoms with van der Waals surface area (Å²) >= 11 is 0.